The van der Waals surface area contributed by atoms with Crippen LogP contribution in [-0.4, -0.2) is 36.0 Å². The van der Waals surface area contributed by atoms with E-state index in [-0.39, 0.29) is 0 Å². The molecule has 0 unspecified atom stereocenters. The third-order valence-corrected chi connectivity index (χ3v) is 1.99. The minimum absolute atomic E-state index is 0.786. The molecule has 1 heterocycles. The average Bonchev–Trinajstić information content (AvgIpc) is 2.05. The normalized spacial score (nSPS) is 18.8. The number of nitriles is 2. The van der Waals surface area contributed by atoms with Crippen LogP contribution in [0.4, 0.5) is 0 Å². The molecule has 0 atom stereocenters. The van der Waals surface area contributed by atoms with Gasteiger partial charge in [0.25, 0.3) is 0 Å². The van der Waals surface area contributed by atoms with Gasteiger partial charge < -0.3 is 9.80 Å². The van der Waals surface area contributed by atoms with Gasteiger partial charge in [0.2, 0.25) is 0 Å². The summed E-state index contributed by atoms with van der Waals surface area (Å²) in [4.78, 5) is 3.52. The van der Waals surface area contributed by atoms with Gasteiger partial charge in [0.15, 0.2) is 12.4 Å². The Bertz CT molecular complexity index is 180. The number of hydrogen-bond donors (Lipinski definition) is 0. The molecule has 0 radical (unpaired) electrons. The van der Waals surface area contributed by atoms with Crippen molar-refractivity contribution < 1.29 is 0 Å². The first-order valence-electron chi connectivity index (χ1n) is 4.16. The summed E-state index contributed by atoms with van der Waals surface area (Å²) in [5.74, 6) is 0. The van der Waals surface area contributed by atoms with Crippen molar-refractivity contribution in [2.45, 2.75) is 12.8 Å². The summed E-state index contributed by atoms with van der Waals surface area (Å²) in [6.45, 7) is 3.15. The third kappa shape index (κ3) is 2.32. The Morgan fingerprint density at radius 1 is 0.750 bits per heavy atom. The van der Waals surface area contributed by atoms with E-state index in [0.29, 0.717) is 0 Å². The molecular weight excluding hydrogens is 152 g/mol. The topological polar surface area (TPSA) is 54.1 Å². The van der Waals surface area contributed by atoms with Crippen molar-refractivity contribution in [3.63, 3.8) is 0 Å². The Morgan fingerprint density at radius 2 is 1.08 bits per heavy atom. The first-order chi connectivity index (χ1) is 5.86. The SMILES string of the molecule is N#CN1CCCN(C#N)CCC1. The molecule has 0 aromatic rings. The highest BCUT2D eigenvalue weighted by atomic mass is 15.2. The van der Waals surface area contributed by atoms with Gasteiger partial charge in [-0.2, -0.15) is 10.5 Å². The second kappa shape index (κ2) is 4.46. The molecule has 4 heteroatoms. The van der Waals surface area contributed by atoms with Crippen LogP contribution in [0.2, 0.25) is 0 Å². The van der Waals surface area contributed by atoms with E-state index in [1.54, 1.807) is 9.80 Å². The van der Waals surface area contributed by atoms with E-state index in [4.69, 9.17) is 10.5 Å². The standard InChI is InChI=1S/C8H12N4/c9-7-11-3-1-4-12(8-10)6-2-5-11/h1-6H2. The van der Waals surface area contributed by atoms with Gasteiger partial charge in [-0.15, -0.1) is 0 Å². The quantitative estimate of drug-likeness (QED) is 0.485. The molecule has 1 aliphatic heterocycles. The minimum Gasteiger partial charge on any atom is -0.311 e. The number of hydrogen-bond acceptors (Lipinski definition) is 4. The fourth-order valence-corrected chi connectivity index (χ4v) is 1.33. The maximum absolute atomic E-state index is 8.63. The second-order valence-electron chi connectivity index (χ2n) is 2.88. The van der Waals surface area contributed by atoms with Gasteiger partial charge >= 0.3 is 0 Å². The first-order valence-corrected chi connectivity index (χ1v) is 4.16. The lowest BCUT2D eigenvalue weighted by atomic mass is 10.2. The van der Waals surface area contributed by atoms with Crippen LogP contribution < -0.4 is 0 Å². The van der Waals surface area contributed by atoms with Crippen LogP contribution >= 0.6 is 0 Å². The molecule has 1 fully saturated rings. The Kier molecular flexibility index (Phi) is 3.22. The molecular formula is C8H12N4. The van der Waals surface area contributed by atoms with E-state index in [2.05, 4.69) is 12.4 Å². The van der Waals surface area contributed by atoms with Crippen LogP contribution in [0.1, 0.15) is 12.8 Å². The van der Waals surface area contributed by atoms with Crippen LogP contribution in [0.25, 0.3) is 0 Å². The fourth-order valence-electron chi connectivity index (χ4n) is 1.33. The van der Waals surface area contributed by atoms with Crippen molar-refractivity contribution in [2.75, 3.05) is 26.2 Å². The van der Waals surface area contributed by atoms with Gasteiger partial charge in [-0.25, -0.2) is 0 Å². The summed E-state index contributed by atoms with van der Waals surface area (Å²) in [5.41, 5.74) is 0. The van der Waals surface area contributed by atoms with Gasteiger partial charge in [0.05, 0.1) is 0 Å². The molecule has 0 bridgehead atoms. The zero-order chi connectivity index (χ0) is 8.81. The van der Waals surface area contributed by atoms with Gasteiger partial charge in [-0.1, -0.05) is 0 Å². The molecule has 0 aromatic carbocycles. The monoisotopic (exact) mass is 164 g/mol. The molecule has 0 aliphatic carbocycles. The molecule has 0 saturated carbocycles. The Morgan fingerprint density at radius 3 is 1.33 bits per heavy atom. The van der Waals surface area contributed by atoms with Crippen molar-refractivity contribution in [3.05, 3.63) is 0 Å². The highest BCUT2D eigenvalue weighted by molar-refractivity contribution is 4.80. The maximum Gasteiger partial charge on any atom is 0.179 e. The molecule has 1 saturated heterocycles. The van der Waals surface area contributed by atoms with E-state index in [0.717, 1.165) is 39.0 Å². The van der Waals surface area contributed by atoms with Crippen LogP contribution in [0, 0.1) is 22.9 Å². The van der Waals surface area contributed by atoms with Gasteiger partial charge in [-0.05, 0) is 12.8 Å². The van der Waals surface area contributed by atoms with Crippen molar-refractivity contribution >= 4 is 0 Å². The molecule has 0 spiro atoms. The van der Waals surface area contributed by atoms with Gasteiger partial charge in [0, 0.05) is 26.2 Å². The van der Waals surface area contributed by atoms with Crippen molar-refractivity contribution in [3.8, 4) is 12.4 Å². The predicted octanol–water partition coefficient (Wildman–Crippen LogP) is 0.346. The third-order valence-electron chi connectivity index (χ3n) is 1.99. The number of rotatable bonds is 0. The van der Waals surface area contributed by atoms with E-state index < -0.39 is 0 Å². The largest absolute Gasteiger partial charge is 0.311 e. The highest BCUT2D eigenvalue weighted by Gasteiger charge is 2.09. The molecule has 1 aliphatic rings. The van der Waals surface area contributed by atoms with Crippen molar-refractivity contribution in [1.29, 1.82) is 10.5 Å². The lowest BCUT2D eigenvalue weighted by molar-refractivity contribution is 0.277. The van der Waals surface area contributed by atoms with Crippen LogP contribution in [0.15, 0.2) is 0 Å². The van der Waals surface area contributed by atoms with E-state index >= 15 is 0 Å². The average molecular weight is 164 g/mol. The highest BCUT2D eigenvalue weighted by Crippen LogP contribution is 2.01. The summed E-state index contributed by atoms with van der Waals surface area (Å²) in [6, 6.07) is 0. The molecule has 4 nitrogen and oxygen atoms in total. The Balaban J connectivity index is 2.36. The molecule has 0 aromatic heterocycles. The zero-order valence-corrected chi connectivity index (χ0v) is 7.03. The van der Waals surface area contributed by atoms with Gasteiger partial charge in [0.1, 0.15) is 0 Å². The zero-order valence-electron chi connectivity index (χ0n) is 7.03. The molecule has 1 rings (SSSR count). The lowest BCUT2D eigenvalue weighted by Gasteiger charge is -2.23. The second-order valence-corrected chi connectivity index (χ2v) is 2.88. The Hall–Kier alpha value is -1.42. The minimum atomic E-state index is 0.786. The summed E-state index contributed by atoms with van der Waals surface area (Å²) in [6.07, 6.45) is 6.08. The molecule has 12 heavy (non-hydrogen) atoms. The number of nitrogens with zero attached hydrogens (tertiary/aromatic N) is 4. The van der Waals surface area contributed by atoms with Crippen LogP contribution in [0.3, 0.4) is 0 Å². The smallest absolute Gasteiger partial charge is 0.179 e. The van der Waals surface area contributed by atoms with Crippen LogP contribution in [0.5, 0.6) is 0 Å². The van der Waals surface area contributed by atoms with E-state index in [1.165, 1.54) is 0 Å². The first kappa shape index (κ1) is 8.67. The molecule has 64 valence electrons. The predicted molar refractivity (Wildman–Crippen MR) is 43.6 cm³/mol. The lowest BCUT2D eigenvalue weighted by Crippen LogP contribution is -2.32. The maximum atomic E-state index is 8.63. The Labute approximate surface area is 72.6 Å². The van der Waals surface area contributed by atoms with Gasteiger partial charge in [-0.3, -0.25) is 0 Å². The molecule has 0 amide bonds. The van der Waals surface area contributed by atoms with E-state index in [9.17, 15) is 0 Å². The summed E-state index contributed by atoms with van der Waals surface area (Å²) in [7, 11) is 0. The van der Waals surface area contributed by atoms with Crippen molar-refractivity contribution in [1.82, 2.24) is 9.80 Å². The summed E-state index contributed by atoms with van der Waals surface area (Å²) >= 11 is 0. The summed E-state index contributed by atoms with van der Waals surface area (Å²) in [5, 5.41) is 17.3. The summed E-state index contributed by atoms with van der Waals surface area (Å²) < 4.78 is 0. The van der Waals surface area contributed by atoms with Crippen molar-refractivity contribution in [2.24, 2.45) is 0 Å². The molecule has 0 N–H and O–H groups in total. The van der Waals surface area contributed by atoms with E-state index in [1.807, 2.05) is 0 Å². The van der Waals surface area contributed by atoms with Crippen LogP contribution in [-0.2, 0) is 0 Å². The fraction of sp³-hybridized carbons (Fsp3) is 0.750.